The summed E-state index contributed by atoms with van der Waals surface area (Å²) in [4.78, 5) is 17.1. The number of amides is 1. The molecular formula is C19H18N2O5S. The molecule has 2 aromatic carbocycles. The Balaban J connectivity index is 1.90. The van der Waals surface area contributed by atoms with E-state index in [4.69, 9.17) is 14.2 Å². The summed E-state index contributed by atoms with van der Waals surface area (Å²) in [6.07, 6.45) is 1.72. The summed E-state index contributed by atoms with van der Waals surface area (Å²) in [5, 5.41) is 12.7. The molecule has 27 heavy (non-hydrogen) atoms. The minimum absolute atomic E-state index is 0.111. The lowest BCUT2D eigenvalue weighted by atomic mass is 10.1. The quantitative estimate of drug-likeness (QED) is 0.767. The van der Waals surface area contributed by atoms with Crippen LogP contribution in [0.25, 0.3) is 6.08 Å². The van der Waals surface area contributed by atoms with Crippen LogP contribution in [0, 0.1) is 0 Å². The van der Waals surface area contributed by atoms with Gasteiger partial charge in [-0.15, -0.1) is 0 Å². The fourth-order valence-electron chi connectivity index (χ4n) is 2.50. The lowest BCUT2D eigenvalue weighted by Crippen LogP contribution is -2.19. The van der Waals surface area contributed by atoms with Gasteiger partial charge < -0.3 is 24.6 Å². The summed E-state index contributed by atoms with van der Waals surface area (Å²) < 4.78 is 16.0. The van der Waals surface area contributed by atoms with E-state index in [1.807, 2.05) is 0 Å². The van der Waals surface area contributed by atoms with E-state index in [1.165, 1.54) is 39.2 Å². The first-order valence-corrected chi connectivity index (χ1v) is 8.74. The number of phenols is 1. The SMILES string of the molecule is COc1cc(C=C2SC(=Nc3cccc(O)c3)NC2=O)cc(OC)c1OC. The average Bonchev–Trinajstić information content (AvgIpc) is 2.99. The van der Waals surface area contributed by atoms with Crippen LogP contribution in [0.5, 0.6) is 23.0 Å². The molecule has 8 heteroatoms. The highest BCUT2D eigenvalue weighted by atomic mass is 32.2. The van der Waals surface area contributed by atoms with Crippen LogP contribution in [0.1, 0.15) is 5.56 Å². The maximum atomic E-state index is 12.3. The average molecular weight is 386 g/mol. The number of aliphatic imine (C=N–C) groups is 1. The first kappa shape index (κ1) is 18.7. The van der Waals surface area contributed by atoms with Crippen molar-refractivity contribution in [2.75, 3.05) is 21.3 Å². The molecule has 0 saturated carbocycles. The number of amidine groups is 1. The minimum Gasteiger partial charge on any atom is -0.508 e. The number of nitrogens with zero attached hydrogens (tertiary/aromatic N) is 1. The molecule has 0 unspecified atom stereocenters. The molecule has 0 spiro atoms. The smallest absolute Gasteiger partial charge is 0.264 e. The number of hydrogen-bond donors (Lipinski definition) is 2. The van der Waals surface area contributed by atoms with Gasteiger partial charge >= 0.3 is 0 Å². The molecule has 1 aliphatic rings. The Bertz CT molecular complexity index is 914. The largest absolute Gasteiger partial charge is 0.508 e. The van der Waals surface area contributed by atoms with Crippen LogP contribution in [-0.4, -0.2) is 37.5 Å². The first-order chi connectivity index (χ1) is 13.0. The molecule has 1 fully saturated rings. The topological polar surface area (TPSA) is 89.4 Å². The maximum Gasteiger partial charge on any atom is 0.264 e. The molecule has 0 aromatic heterocycles. The summed E-state index contributed by atoms with van der Waals surface area (Å²) in [6.45, 7) is 0. The van der Waals surface area contributed by atoms with Gasteiger partial charge in [-0.05, 0) is 47.7 Å². The molecule has 1 aliphatic heterocycles. The zero-order valence-corrected chi connectivity index (χ0v) is 15.8. The molecular weight excluding hydrogens is 368 g/mol. The van der Waals surface area contributed by atoms with Gasteiger partial charge in [-0.2, -0.15) is 0 Å². The van der Waals surface area contributed by atoms with Crippen molar-refractivity contribution in [3.8, 4) is 23.0 Å². The minimum atomic E-state index is -0.257. The van der Waals surface area contributed by atoms with Gasteiger partial charge in [-0.25, -0.2) is 4.99 Å². The summed E-state index contributed by atoms with van der Waals surface area (Å²) in [6, 6.07) is 10.0. The second kappa shape index (κ2) is 8.05. The number of phenolic OH excluding ortho intramolecular Hbond substituents is 1. The van der Waals surface area contributed by atoms with Gasteiger partial charge in [0.15, 0.2) is 16.7 Å². The molecule has 3 rings (SSSR count). The normalized spacial score (nSPS) is 16.5. The number of carbonyl (C=O) groups is 1. The van der Waals surface area contributed by atoms with Crippen molar-refractivity contribution in [2.24, 2.45) is 4.99 Å². The van der Waals surface area contributed by atoms with Gasteiger partial charge in [0.25, 0.3) is 5.91 Å². The lowest BCUT2D eigenvalue weighted by molar-refractivity contribution is -0.115. The Labute approximate surface area is 160 Å². The zero-order chi connectivity index (χ0) is 19.4. The molecule has 0 radical (unpaired) electrons. The fraction of sp³-hybridized carbons (Fsp3) is 0.158. The molecule has 2 aromatic rings. The number of hydrogen-bond acceptors (Lipinski definition) is 7. The highest BCUT2D eigenvalue weighted by Gasteiger charge is 2.24. The van der Waals surface area contributed by atoms with E-state index >= 15 is 0 Å². The number of rotatable bonds is 5. The van der Waals surface area contributed by atoms with Crippen LogP contribution in [0.4, 0.5) is 5.69 Å². The number of ether oxygens (including phenoxy) is 3. The molecule has 2 N–H and O–H groups in total. The van der Waals surface area contributed by atoms with E-state index in [2.05, 4.69) is 10.3 Å². The van der Waals surface area contributed by atoms with Crippen molar-refractivity contribution in [2.45, 2.75) is 0 Å². The van der Waals surface area contributed by atoms with Crippen molar-refractivity contribution in [1.29, 1.82) is 0 Å². The second-order valence-electron chi connectivity index (χ2n) is 5.46. The zero-order valence-electron chi connectivity index (χ0n) is 15.0. The summed E-state index contributed by atoms with van der Waals surface area (Å²) in [7, 11) is 4.60. The monoisotopic (exact) mass is 386 g/mol. The first-order valence-electron chi connectivity index (χ1n) is 7.92. The fourth-order valence-corrected chi connectivity index (χ4v) is 3.34. The molecule has 1 saturated heterocycles. The highest BCUT2D eigenvalue weighted by Crippen LogP contribution is 2.39. The van der Waals surface area contributed by atoms with Crippen molar-refractivity contribution >= 4 is 34.6 Å². The Morgan fingerprint density at radius 3 is 2.37 bits per heavy atom. The van der Waals surface area contributed by atoms with Crippen molar-refractivity contribution in [3.63, 3.8) is 0 Å². The van der Waals surface area contributed by atoms with Crippen molar-refractivity contribution in [3.05, 3.63) is 46.9 Å². The molecule has 0 aliphatic carbocycles. The van der Waals surface area contributed by atoms with Gasteiger partial charge in [0, 0.05) is 6.07 Å². The van der Waals surface area contributed by atoms with Crippen molar-refractivity contribution < 1.29 is 24.1 Å². The Hall–Kier alpha value is -3.13. The van der Waals surface area contributed by atoms with Gasteiger partial charge in [-0.3, -0.25) is 4.79 Å². The number of nitrogens with one attached hydrogen (secondary N) is 1. The van der Waals surface area contributed by atoms with Crippen LogP contribution in [0.3, 0.4) is 0 Å². The maximum absolute atomic E-state index is 12.3. The van der Waals surface area contributed by atoms with Gasteiger partial charge in [-0.1, -0.05) is 6.07 Å². The number of benzene rings is 2. The Morgan fingerprint density at radius 2 is 1.78 bits per heavy atom. The Kier molecular flexibility index (Phi) is 5.56. The molecule has 140 valence electrons. The van der Waals surface area contributed by atoms with Crippen LogP contribution >= 0.6 is 11.8 Å². The predicted molar refractivity (Wildman–Crippen MR) is 105 cm³/mol. The number of carbonyl (C=O) groups excluding carboxylic acids is 1. The van der Waals surface area contributed by atoms with Gasteiger partial charge in [0.1, 0.15) is 5.75 Å². The predicted octanol–water partition coefficient (Wildman–Crippen LogP) is 3.31. The van der Waals surface area contributed by atoms with E-state index in [0.29, 0.717) is 33.0 Å². The Morgan fingerprint density at radius 1 is 1.07 bits per heavy atom. The van der Waals surface area contributed by atoms with Crippen LogP contribution in [0.2, 0.25) is 0 Å². The molecule has 0 bridgehead atoms. The standard InChI is InChI=1S/C19H18N2O5S/c1-24-14-7-11(8-15(25-2)17(14)26-3)9-16-18(23)21-19(27-16)20-12-5-4-6-13(22)10-12/h4-10,22H,1-3H3,(H,20,21,23). The van der Waals surface area contributed by atoms with Crippen LogP contribution < -0.4 is 19.5 Å². The van der Waals surface area contributed by atoms with Gasteiger partial charge in [0.2, 0.25) is 5.75 Å². The van der Waals surface area contributed by atoms with E-state index in [0.717, 1.165) is 5.56 Å². The summed E-state index contributed by atoms with van der Waals surface area (Å²) >= 11 is 1.21. The third kappa shape index (κ3) is 4.17. The summed E-state index contributed by atoms with van der Waals surface area (Å²) in [5.74, 6) is 1.34. The number of methoxy groups -OCH3 is 3. The summed E-state index contributed by atoms with van der Waals surface area (Å²) in [5.41, 5.74) is 1.27. The van der Waals surface area contributed by atoms with Crippen LogP contribution in [-0.2, 0) is 4.79 Å². The van der Waals surface area contributed by atoms with Crippen molar-refractivity contribution in [1.82, 2.24) is 5.32 Å². The van der Waals surface area contributed by atoms with Gasteiger partial charge in [0.05, 0.1) is 31.9 Å². The van der Waals surface area contributed by atoms with E-state index in [1.54, 1.807) is 36.4 Å². The molecule has 0 atom stereocenters. The third-order valence-corrected chi connectivity index (χ3v) is 4.61. The molecule has 1 heterocycles. The van der Waals surface area contributed by atoms with E-state index in [9.17, 15) is 9.90 Å². The molecule has 7 nitrogen and oxygen atoms in total. The molecule has 1 amide bonds. The number of aromatic hydroxyl groups is 1. The van der Waals surface area contributed by atoms with E-state index in [-0.39, 0.29) is 11.7 Å². The van der Waals surface area contributed by atoms with E-state index < -0.39 is 0 Å². The third-order valence-electron chi connectivity index (χ3n) is 3.70. The lowest BCUT2D eigenvalue weighted by Gasteiger charge is -2.12. The second-order valence-corrected chi connectivity index (χ2v) is 6.49. The number of thioether (sulfide) groups is 1. The highest BCUT2D eigenvalue weighted by molar-refractivity contribution is 8.18. The van der Waals surface area contributed by atoms with Crippen LogP contribution in [0.15, 0.2) is 46.3 Å².